The highest BCUT2D eigenvalue weighted by molar-refractivity contribution is 7.93. The van der Waals surface area contributed by atoms with Crippen LogP contribution in [0.4, 0.5) is 21.6 Å². The number of fused-ring (bicyclic) bond motifs is 1. The molecule has 2 atom stereocenters. The Kier molecular flexibility index (Phi) is 6.47. The number of aliphatic hydroxyl groups is 1. The summed E-state index contributed by atoms with van der Waals surface area (Å²) in [5.41, 5.74) is 2.31. The van der Waals surface area contributed by atoms with Crippen molar-refractivity contribution in [3.63, 3.8) is 0 Å². The molecule has 2 saturated heterocycles. The van der Waals surface area contributed by atoms with E-state index in [0.717, 1.165) is 18.4 Å². The molecule has 2 aliphatic heterocycles. The van der Waals surface area contributed by atoms with Crippen LogP contribution < -0.4 is 14.8 Å². The molecule has 11 heteroatoms. The van der Waals surface area contributed by atoms with Crippen molar-refractivity contribution in [3.8, 4) is 11.5 Å². The molecule has 9 nitrogen and oxygen atoms in total. The quantitative estimate of drug-likeness (QED) is 0.522. The molecular formula is C24H27FN4O5S. The number of nitrogens with one attached hydrogen (secondary N) is 1. The molecule has 1 aromatic heterocycles. The van der Waals surface area contributed by atoms with Gasteiger partial charge in [0.1, 0.15) is 41.3 Å². The first kappa shape index (κ1) is 23.7. The predicted molar refractivity (Wildman–Crippen MR) is 131 cm³/mol. The van der Waals surface area contributed by atoms with Crippen LogP contribution in [0.15, 0.2) is 35.0 Å². The second kappa shape index (κ2) is 9.56. The average Bonchev–Trinajstić information content (AvgIpc) is 3.43. The topological polar surface area (TPSA) is 115 Å². The zero-order chi connectivity index (χ0) is 24.6. The lowest BCUT2D eigenvalue weighted by atomic mass is 10.1. The Morgan fingerprint density at radius 3 is 2.74 bits per heavy atom. The normalized spacial score (nSPS) is 21.3. The van der Waals surface area contributed by atoms with Gasteiger partial charge in [-0.25, -0.2) is 18.6 Å². The summed E-state index contributed by atoms with van der Waals surface area (Å²) < 4.78 is 48.5. The summed E-state index contributed by atoms with van der Waals surface area (Å²) in [6.07, 6.45) is 1.81. The van der Waals surface area contributed by atoms with E-state index in [2.05, 4.69) is 19.6 Å². The molecule has 2 aliphatic rings. The van der Waals surface area contributed by atoms with Crippen molar-refractivity contribution < 1.29 is 27.9 Å². The highest BCUT2D eigenvalue weighted by Gasteiger charge is 2.29. The summed E-state index contributed by atoms with van der Waals surface area (Å²) in [5.74, 6) is 1.88. The fourth-order valence-electron chi connectivity index (χ4n) is 4.45. The molecular weight excluding hydrogens is 475 g/mol. The van der Waals surface area contributed by atoms with Crippen LogP contribution >= 0.6 is 0 Å². The molecule has 5 rings (SSSR count). The lowest BCUT2D eigenvalue weighted by Crippen LogP contribution is -2.30. The first-order valence-electron chi connectivity index (χ1n) is 11.4. The molecule has 0 aliphatic carbocycles. The van der Waals surface area contributed by atoms with Crippen LogP contribution in [0, 0.1) is 12.7 Å². The lowest BCUT2D eigenvalue weighted by Gasteiger charge is -2.20. The third-order valence-electron chi connectivity index (χ3n) is 6.22. The van der Waals surface area contributed by atoms with E-state index < -0.39 is 27.8 Å². The van der Waals surface area contributed by atoms with Crippen LogP contribution in [-0.2, 0) is 14.5 Å². The van der Waals surface area contributed by atoms with Gasteiger partial charge in [-0.1, -0.05) is 0 Å². The molecule has 0 unspecified atom stereocenters. The average molecular weight is 503 g/mol. The van der Waals surface area contributed by atoms with Crippen molar-refractivity contribution in [1.29, 1.82) is 0 Å². The maximum Gasteiger partial charge on any atom is 0.150 e. The van der Waals surface area contributed by atoms with Gasteiger partial charge in [-0.3, -0.25) is 0 Å². The lowest BCUT2D eigenvalue weighted by molar-refractivity contribution is 0.0736. The van der Waals surface area contributed by atoms with Crippen molar-refractivity contribution in [2.45, 2.75) is 32.0 Å². The number of aliphatic hydroxyl groups excluding tert-OH is 1. The largest absolute Gasteiger partial charge is 0.494 e. The van der Waals surface area contributed by atoms with Gasteiger partial charge in [-0.2, -0.15) is 4.36 Å². The summed E-state index contributed by atoms with van der Waals surface area (Å²) in [6.45, 7) is 2.24. The van der Waals surface area contributed by atoms with Crippen LogP contribution in [0.5, 0.6) is 11.5 Å². The van der Waals surface area contributed by atoms with Crippen LogP contribution in [0.2, 0.25) is 0 Å². The smallest absolute Gasteiger partial charge is 0.150 e. The van der Waals surface area contributed by atoms with Gasteiger partial charge in [-0.05, 0) is 38.0 Å². The van der Waals surface area contributed by atoms with E-state index in [1.165, 1.54) is 18.5 Å². The summed E-state index contributed by atoms with van der Waals surface area (Å²) in [4.78, 5) is 8.81. The zero-order valence-electron chi connectivity index (χ0n) is 19.5. The molecule has 35 heavy (non-hydrogen) atoms. The van der Waals surface area contributed by atoms with Gasteiger partial charge in [0, 0.05) is 28.5 Å². The van der Waals surface area contributed by atoms with Crippen molar-refractivity contribution in [2.75, 3.05) is 37.1 Å². The molecule has 2 fully saturated rings. The fraction of sp³-hybridized carbons (Fsp3) is 0.417. The number of ether oxygens (including phenoxy) is 3. The van der Waals surface area contributed by atoms with Crippen molar-refractivity contribution in [1.82, 2.24) is 9.97 Å². The molecule has 0 radical (unpaired) electrons. The van der Waals surface area contributed by atoms with Gasteiger partial charge in [0.2, 0.25) is 0 Å². The van der Waals surface area contributed by atoms with Crippen LogP contribution in [0.1, 0.15) is 18.4 Å². The Bertz CT molecular complexity index is 1380. The number of hydrogen-bond donors (Lipinski definition) is 2. The number of benzene rings is 2. The molecule has 186 valence electrons. The second-order valence-corrected chi connectivity index (χ2v) is 11.2. The fourth-order valence-corrected chi connectivity index (χ4v) is 6.64. The van der Waals surface area contributed by atoms with Gasteiger partial charge in [0.15, 0.2) is 6.10 Å². The van der Waals surface area contributed by atoms with E-state index in [1.54, 1.807) is 19.2 Å². The Labute approximate surface area is 202 Å². The van der Waals surface area contributed by atoms with Gasteiger partial charge >= 0.3 is 0 Å². The molecule has 0 spiro atoms. The summed E-state index contributed by atoms with van der Waals surface area (Å²) in [7, 11) is -0.758. The van der Waals surface area contributed by atoms with E-state index >= 15 is 0 Å². The van der Waals surface area contributed by atoms with Crippen molar-refractivity contribution in [3.05, 3.63) is 42.0 Å². The molecule has 2 N–H and O–H groups in total. The number of rotatable bonds is 6. The maximum absolute atomic E-state index is 14.0. The highest BCUT2D eigenvalue weighted by atomic mass is 32.2. The monoisotopic (exact) mass is 502 g/mol. The first-order chi connectivity index (χ1) is 16.9. The highest BCUT2D eigenvalue weighted by Crippen LogP contribution is 2.41. The molecule has 3 aromatic rings. The Balaban J connectivity index is 1.57. The minimum atomic E-state index is -2.31. The third kappa shape index (κ3) is 4.75. The standard InChI is InChI=1S/C24H27FN4O5S/c1-14-22-17(10-18(23(14)32-2)29-35(31)7-3-4-8-35)26-13-27-24(22)28-16-6-5-15(25)9-20(16)34-21-12-33-11-19(21)30/h5-6,9-10,13,19,21,30H,3-4,7-8,11-12H2,1-2H3,(H,26,27,28)/t19-,21-/m0/s1. The van der Waals surface area contributed by atoms with Crippen molar-refractivity contribution >= 4 is 37.8 Å². The summed E-state index contributed by atoms with van der Waals surface area (Å²) in [5, 5.41) is 14.0. The molecule has 0 bridgehead atoms. The Hall–Kier alpha value is -3.02. The molecule has 0 amide bonds. The number of nitrogens with zero attached hydrogens (tertiary/aromatic N) is 3. The molecule has 3 heterocycles. The van der Waals surface area contributed by atoms with Crippen LogP contribution in [0.25, 0.3) is 10.9 Å². The number of methoxy groups -OCH3 is 1. The number of anilines is 2. The second-order valence-electron chi connectivity index (χ2n) is 8.68. The van der Waals surface area contributed by atoms with Gasteiger partial charge < -0.3 is 24.6 Å². The Morgan fingerprint density at radius 1 is 1.23 bits per heavy atom. The first-order valence-corrected chi connectivity index (χ1v) is 13.3. The SMILES string of the molecule is COc1c(N=S2(=O)CCCC2)cc2ncnc(Nc3ccc(F)cc3O[C@H]3COC[C@@H]3O)c2c1C. The van der Waals surface area contributed by atoms with E-state index in [-0.39, 0.29) is 19.0 Å². The summed E-state index contributed by atoms with van der Waals surface area (Å²) in [6, 6.07) is 5.86. The van der Waals surface area contributed by atoms with E-state index in [4.69, 9.17) is 14.2 Å². The van der Waals surface area contributed by atoms with Gasteiger partial charge in [-0.15, -0.1) is 0 Å². The number of halogens is 1. The number of aryl methyl sites for hydroxylation is 1. The van der Waals surface area contributed by atoms with E-state index in [9.17, 15) is 13.7 Å². The summed E-state index contributed by atoms with van der Waals surface area (Å²) >= 11 is 0. The predicted octanol–water partition coefficient (Wildman–Crippen LogP) is 3.86. The molecule has 2 aromatic carbocycles. The van der Waals surface area contributed by atoms with Crippen molar-refractivity contribution in [2.24, 2.45) is 4.36 Å². The Morgan fingerprint density at radius 2 is 2.03 bits per heavy atom. The molecule has 0 saturated carbocycles. The van der Waals surface area contributed by atoms with Gasteiger partial charge in [0.05, 0.1) is 41.3 Å². The van der Waals surface area contributed by atoms with Gasteiger partial charge in [0.25, 0.3) is 0 Å². The maximum atomic E-state index is 14.0. The van der Waals surface area contributed by atoms with Crippen LogP contribution in [-0.4, -0.2) is 63.3 Å². The third-order valence-corrected chi connectivity index (χ3v) is 8.60. The van der Waals surface area contributed by atoms with E-state index in [1.807, 2.05) is 6.92 Å². The minimum Gasteiger partial charge on any atom is -0.494 e. The number of aromatic nitrogens is 2. The minimum absolute atomic E-state index is 0.165. The van der Waals surface area contributed by atoms with Crippen LogP contribution in [0.3, 0.4) is 0 Å². The number of hydrogen-bond acceptors (Lipinski definition) is 9. The zero-order valence-corrected chi connectivity index (χ0v) is 20.3. The van der Waals surface area contributed by atoms with E-state index in [0.29, 0.717) is 45.4 Å².